The molecule has 0 saturated carbocycles. The van der Waals surface area contributed by atoms with Gasteiger partial charge in [0.15, 0.2) is 0 Å². The van der Waals surface area contributed by atoms with Gasteiger partial charge in [-0.3, -0.25) is 9.55 Å². The average molecular weight is 694 g/mol. The van der Waals surface area contributed by atoms with Crippen LogP contribution in [-0.2, 0) is 0 Å². The molecule has 0 saturated heterocycles. The van der Waals surface area contributed by atoms with Crippen molar-refractivity contribution in [3.8, 4) is 5.82 Å². The molecule has 5 nitrogen and oxygen atoms in total. The van der Waals surface area contributed by atoms with Crippen LogP contribution in [-0.4, -0.2) is 21.2 Å². The van der Waals surface area contributed by atoms with Crippen molar-refractivity contribution in [2.45, 2.75) is 0 Å². The molecule has 0 radical (unpaired) electrons. The highest BCUT2D eigenvalue weighted by atomic mass is 15.4. The van der Waals surface area contributed by atoms with Gasteiger partial charge in [-0.15, -0.1) is 0 Å². The fourth-order valence-corrected chi connectivity index (χ4v) is 7.91. The largest absolute Gasteiger partial charge is 0.321 e. The molecule has 10 rings (SSSR count). The van der Waals surface area contributed by atoms with E-state index in [1.54, 1.807) is 0 Å². The van der Waals surface area contributed by atoms with E-state index in [0.29, 0.717) is 6.67 Å². The van der Waals surface area contributed by atoms with Gasteiger partial charge in [0, 0.05) is 40.1 Å². The van der Waals surface area contributed by atoms with E-state index in [9.17, 15) is 0 Å². The Morgan fingerprint density at radius 3 is 1.72 bits per heavy atom. The van der Waals surface area contributed by atoms with Gasteiger partial charge in [-0.05, 0) is 82.9 Å². The van der Waals surface area contributed by atoms with Crippen LogP contribution in [0.2, 0.25) is 0 Å². The summed E-state index contributed by atoms with van der Waals surface area (Å²) in [6.45, 7) is 0.699. The second-order valence-electron chi connectivity index (χ2n) is 13.5. The predicted octanol–water partition coefficient (Wildman–Crippen LogP) is 11.8. The summed E-state index contributed by atoms with van der Waals surface area (Å²) in [5, 5.41) is 2.23. The Kier molecular flexibility index (Phi) is 7.81. The van der Waals surface area contributed by atoms with Crippen LogP contribution < -0.4 is 9.80 Å². The fourth-order valence-electron chi connectivity index (χ4n) is 7.91. The van der Waals surface area contributed by atoms with Gasteiger partial charge in [0.1, 0.15) is 12.5 Å². The SMILES string of the molecule is c1ccc(C(=C(c2cccc(N3CN(c4ccccc4)c4ccccc43)c2)c2cc3c(cn2)c2ccccc2n3-c2ccccn2)c2ccccc2)cc1. The first-order chi connectivity index (χ1) is 26.8. The maximum Gasteiger partial charge on any atom is 0.137 e. The second-order valence-corrected chi connectivity index (χ2v) is 13.5. The smallest absolute Gasteiger partial charge is 0.137 e. The van der Waals surface area contributed by atoms with E-state index < -0.39 is 0 Å². The van der Waals surface area contributed by atoms with Crippen molar-refractivity contribution in [3.63, 3.8) is 0 Å². The number of nitrogens with zero attached hydrogens (tertiary/aromatic N) is 5. The van der Waals surface area contributed by atoms with Crippen LogP contribution in [0.5, 0.6) is 0 Å². The van der Waals surface area contributed by atoms with Gasteiger partial charge in [0.25, 0.3) is 0 Å². The summed E-state index contributed by atoms with van der Waals surface area (Å²) in [5.41, 5.74) is 13.2. The lowest BCUT2D eigenvalue weighted by Crippen LogP contribution is -2.23. The number of fused-ring (bicyclic) bond motifs is 4. The van der Waals surface area contributed by atoms with Crippen LogP contribution in [0.3, 0.4) is 0 Å². The first-order valence-electron chi connectivity index (χ1n) is 18.3. The zero-order valence-electron chi connectivity index (χ0n) is 29.5. The minimum Gasteiger partial charge on any atom is -0.321 e. The van der Waals surface area contributed by atoms with Crippen LogP contribution >= 0.6 is 0 Å². The lowest BCUT2D eigenvalue weighted by Gasteiger charge is -2.23. The first-order valence-corrected chi connectivity index (χ1v) is 18.3. The normalized spacial score (nSPS) is 12.3. The number of hydrogen-bond donors (Lipinski definition) is 0. The molecular weight excluding hydrogens is 659 g/mol. The number of anilines is 4. The Balaban J connectivity index is 1.22. The standard InChI is InChI=1S/C49H35N5/c1-4-17-35(18-5-1)48(36-19-6-2-7-20-36)49(42-32-46-41(33-51-42)40-25-10-11-26-43(40)54(46)47-29-14-15-30-50-47)37-21-16-24-39(31-37)53-34-52(38-22-8-3-9-23-38)44-27-12-13-28-45(44)53/h1-33H,34H2. The van der Waals surface area contributed by atoms with E-state index in [0.717, 1.165) is 66.8 Å². The van der Waals surface area contributed by atoms with E-state index in [-0.39, 0.29) is 0 Å². The molecule has 3 aromatic heterocycles. The summed E-state index contributed by atoms with van der Waals surface area (Å²) in [5.74, 6) is 0.871. The molecule has 0 amide bonds. The van der Waals surface area contributed by atoms with Gasteiger partial charge in [0.05, 0.1) is 28.1 Å². The molecule has 9 aromatic rings. The molecule has 6 aromatic carbocycles. The van der Waals surface area contributed by atoms with Gasteiger partial charge in [0.2, 0.25) is 0 Å². The van der Waals surface area contributed by atoms with E-state index >= 15 is 0 Å². The summed E-state index contributed by atoms with van der Waals surface area (Å²) < 4.78 is 2.26. The highest BCUT2D eigenvalue weighted by molar-refractivity contribution is 6.11. The van der Waals surface area contributed by atoms with Crippen molar-refractivity contribution in [2.24, 2.45) is 0 Å². The van der Waals surface area contributed by atoms with Crippen molar-refractivity contribution < 1.29 is 0 Å². The molecule has 1 aliphatic rings. The van der Waals surface area contributed by atoms with Gasteiger partial charge in [-0.2, -0.15) is 0 Å². The van der Waals surface area contributed by atoms with E-state index in [1.165, 1.54) is 17.1 Å². The predicted molar refractivity (Wildman–Crippen MR) is 223 cm³/mol. The Morgan fingerprint density at radius 1 is 0.426 bits per heavy atom. The number of para-hydroxylation sites is 4. The monoisotopic (exact) mass is 693 g/mol. The van der Waals surface area contributed by atoms with Gasteiger partial charge in [-0.1, -0.05) is 127 Å². The summed E-state index contributed by atoms with van der Waals surface area (Å²) in [6, 6.07) is 66.5. The Morgan fingerprint density at radius 2 is 1.02 bits per heavy atom. The van der Waals surface area contributed by atoms with Crippen molar-refractivity contribution >= 4 is 55.7 Å². The zero-order chi connectivity index (χ0) is 35.8. The van der Waals surface area contributed by atoms with Crippen LogP contribution in [0.1, 0.15) is 22.4 Å². The van der Waals surface area contributed by atoms with Crippen LogP contribution in [0.15, 0.2) is 200 Å². The summed E-state index contributed by atoms with van der Waals surface area (Å²) in [7, 11) is 0. The van der Waals surface area contributed by atoms with E-state index in [4.69, 9.17) is 9.97 Å². The molecule has 0 spiro atoms. The van der Waals surface area contributed by atoms with Crippen molar-refractivity contribution in [1.82, 2.24) is 14.5 Å². The molecule has 0 unspecified atom stereocenters. The molecule has 0 N–H and O–H groups in total. The van der Waals surface area contributed by atoms with Gasteiger partial charge in [-0.25, -0.2) is 4.98 Å². The Labute approximate surface area is 314 Å². The summed E-state index contributed by atoms with van der Waals surface area (Å²) in [6.07, 6.45) is 3.89. The fraction of sp³-hybridized carbons (Fsp3) is 0.0204. The molecular formula is C49H35N5. The zero-order valence-corrected chi connectivity index (χ0v) is 29.5. The first kappa shape index (κ1) is 31.5. The van der Waals surface area contributed by atoms with E-state index in [1.807, 2.05) is 24.5 Å². The lowest BCUT2D eigenvalue weighted by molar-refractivity contribution is 0.991. The summed E-state index contributed by atoms with van der Waals surface area (Å²) in [4.78, 5) is 14.9. The third-order valence-corrected chi connectivity index (χ3v) is 10.3. The number of pyridine rings is 2. The topological polar surface area (TPSA) is 37.2 Å². The van der Waals surface area contributed by atoms with Crippen molar-refractivity contribution in [1.29, 1.82) is 0 Å². The third-order valence-electron chi connectivity index (χ3n) is 10.3. The highest BCUT2D eigenvalue weighted by Gasteiger charge is 2.28. The van der Waals surface area contributed by atoms with E-state index in [2.05, 4.69) is 190 Å². The molecule has 54 heavy (non-hydrogen) atoms. The molecule has 0 aliphatic carbocycles. The molecule has 0 atom stereocenters. The van der Waals surface area contributed by atoms with Crippen LogP contribution in [0.25, 0.3) is 38.8 Å². The molecule has 0 fully saturated rings. The van der Waals surface area contributed by atoms with Gasteiger partial charge < -0.3 is 9.80 Å². The molecule has 4 heterocycles. The molecule has 0 bridgehead atoms. The maximum absolute atomic E-state index is 5.31. The number of aromatic nitrogens is 3. The third kappa shape index (κ3) is 5.42. The maximum atomic E-state index is 5.31. The quantitative estimate of drug-likeness (QED) is 0.156. The second kappa shape index (κ2) is 13.4. The highest BCUT2D eigenvalue weighted by Crippen LogP contribution is 2.45. The minimum atomic E-state index is 0.699. The summed E-state index contributed by atoms with van der Waals surface area (Å²) >= 11 is 0. The Bertz CT molecular complexity index is 2750. The van der Waals surface area contributed by atoms with Crippen molar-refractivity contribution in [3.05, 3.63) is 223 Å². The number of hydrogen-bond acceptors (Lipinski definition) is 4. The number of benzene rings is 6. The average Bonchev–Trinajstić information content (AvgIpc) is 3.80. The molecule has 5 heteroatoms. The minimum absolute atomic E-state index is 0.699. The molecule has 1 aliphatic heterocycles. The Hall–Kier alpha value is -7.24. The van der Waals surface area contributed by atoms with Crippen molar-refractivity contribution in [2.75, 3.05) is 16.5 Å². The molecule has 256 valence electrons. The lowest BCUT2D eigenvalue weighted by atomic mass is 9.87. The van der Waals surface area contributed by atoms with Crippen LogP contribution in [0.4, 0.5) is 22.7 Å². The van der Waals surface area contributed by atoms with Crippen LogP contribution in [0, 0.1) is 0 Å². The van der Waals surface area contributed by atoms with Gasteiger partial charge >= 0.3 is 0 Å². The number of rotatable bonds is 7.